The van der Waals surface area contributed by atoms with E-state index < -0.39 is 12.1 Å². The summed E-state index contributed by atoms with van der Waals surface area (Å²) in [5.41, 5.74) is 5.62. The van der Waals surface area contributed by atoms with E-state index in [0.717, 1.165) is 0 Å². The zero-order chi connectivity index (χ0) is 11.8. The highest BCUT2D eigenvalue weighted by Crippen LogP contribution is 2.29. The lowest BCUT2D eigenvalue weighted by Gasteiger charge is -1.96. The molecule has 2 N–H and O–H groups in total. The topological polar surface area (TPSA) is 77.8 Å². The smallest absolute Gasteiger partial charge is 0.384 e. The van der Waals surface area contributed by atoms with E-state index in [0.29, 0.717) is 5.56 Å². The minimum atomic E-state index is -4.65. The Bertz CT molecular complexity index is 491. The maximum Gasteiger partial charge on any atom is 0.471 e. The molecule has 8 heteroatoms. The van der Waals surface area contributed by atoms with Crippen LogP contribution in [0.4, 0.5) is 19.0 Å². The summed E-state index contributed by atoms with van der Waals surface area (Å²) < 4.78 is 40.5. The van der Waals surface area contributed by atoms with Crippen LogP contribution in [0.25, 0.3) is 11.4 Å². The van der Waals surface area contributed by atoms with Crippen molar-refractivity contribution < 1.29 is 17.7 Å². The molecule has 0 atom stereocenters. The largest absolute Gasteiger partial charge is 0.471 e. The second-order valence-corrected chi connectivity index (χ2v) is 2.89. The second kappa shape index (κ2) is 3.47. The van der Waals surface area contributed by atoms with Crippen molar-refractivity contribution in [2.75, 3.05) is 5.73 Å². The summed E-state index contributed by atoms with van der Waals surface area (Å²) in [7, 11) is 0. The third-order valence-corrected chi connectivity index (χ3v) is 1.71. The van der Waals surface area contributed by atoms with Gasteiger partial charge in [-0.3, -0.25) is 0 Å². The second-order valence-electron chi connectivity index (χ2n) is 2.89. The van der Waals surface area contributed by atoms with Gasteiger partial charge in [0.05, 0.1) is 0 Å². The van der Waals surface area contributed by atoms with Crippen molar-refractivity contribution in [3.63, 3.8) is 0 Å². The minimum absolute atomic E-state index is 0.181. The van der Waals surface area contributed by atoms with Crippen LogP contribution in [0, 0.1) is 0 Å². The van der Waals surface area contributed by atoms with Gasteiger partial charge in [-0.25, -0.2) is 4.98 Å². The molecule has 2 aromatic heterocycles. The van der Waals surface area contributed by atoms with E-state index in [1.54, 1.807) is 0 Å². The van der Waals surface area contributed by atoms with Crippen molar-refractivity contribution in [2.45, 2.75) is 6.18 Å². The summed E-state index contributed by atoms with van der Waals surface area (Å²) in [6, 6.07) is 2.88. The standard InChI is InChI=1S/C8H5F3N4O/c9-8(10,11)7-14-6(15-16-7)4-1-2-5(12)13-3-4/h1-3H,(H2,12,13). The fraction of sp³-hybridized carbons (Fsp3) is 0.125. The fourth-order valence-electron chi connectivity index (χ4n) is 0.993. The van der Waals surface area contributed by atoms with Crippen molar-refractivity contribution in [3.05, 3.63) is 24.2 Å². The fourth-order valence-corrected chi connectivity index (χ4v) is 0.993. The molecule has 0 aliphatic rings. The molecule has 0 amide bonds. The molecule has 0 fully saturated rings. The maximum absolute atomic E-state index is 12.1. The normalized spacial score (nSPS) is 11.7. The molecule has 2 rings (SSSR count). The van der Waals surface area contributed by atoms with Gasteiger partial charge >= 0.3 is 12.1 Å². The molecule has 16 heavy (non-hydrogen) atoms. The molecule has 0 unspecified atom stereocenters. The molecule has 0 aromatic carbocycles. The van der Waals surface area contributed by atoms with Gasteiger partial charge in [-0.05, 0) is 12.1 Å². The Kier molecular flexibility index (Phi) is 2.26. The highest BCUT2D eigenvalue weighted by molar-refractivity contribution is 5.54. The predicted molar refractivity (Wildman–Crippen MR) is 46.9 cm³/mol. The van der Waals surface area contributed by atoms with E-state index in [1.807, 2.05) is 0 Å². The van der Waals surface area contributed by atoms with Gasteiger partial charge in [0.15, 0.2) is 0 Å². The Hall–Kier alpha value is -2.12. The monoisotopic (exact) mass is 230 g/mol. The molecule has 0 radical (unpaired) electrons. The van der Waals surface area contributed by atoms with Crippen LogP contribution in [0.5, 0.6) is 0 Å². The summed E-state index contributed by atoms with van der Waals surface area (Å²) in [5.74, 6) is -1.32. The van der Waals surface area contributed by atoms with E-state index in [4.69, 9.17) is 5.73 Å². The van der Waals surface area contributed by atoms with Gasteiger partial charge in [0.25, 0.3) is 0 Å². The van der Waals surface area contributed by atoms with Crippen molar-refractivity contribution in [2.24, 2.45) is 0 Å². The third-order valence-electron chi connectivity index (χ3n) is 1.71. The number of aromatic nitrogens is 3. The number of nitrogens with zero attached hydrogens (tertiary/aromatic N) is 3. The first-order valence-corrected chi connectivity index (χ1v) is 4.09. The summed E-state index contributed by atoms with van der Waals surface area (Å²) in [5, 5.41) is 3.20. The predicted octanol–water partition coefficient (Wildman–Crippen LogP) is 1.73. The summed E-state index contributed by atoms with van der Waals surface area (Å²) in [6.07, 6.45) is -3.38. The van der Waals surface area contributed by atoms with Crippen LogP contribution >= 0.6 is 0 Å². The SMILES string of the molecule is Nc1ccc(-c2noc(C(F)(F)F)n2)cn1. The number of nitrogen functional groups attached to an aromatic ring is 1. The summed E-state index contributed by atoms with van der Waals surface area (Å²) in [4.78, 5) is 6.90. The average molecular weight is 230 g/mol. The molecular weight excluding hydrogens is 225 g/mol. The molecular formula is C8H5F3N4O. The Morgan fingerprint density at radius 1 is 1.25 bits per heavy atom. The number of nitrogens with two attached hydrogens (primary N) is 1. The van der Waals surface area contributed by atoms with E-state index in [-0.39, 0.29) is 11.6 Å². The molecule has 0 aliphatic carbocycles. The van der Waals surface area contributed by atoms with E-state index in [1.165, 1.54) is 18.3 Å². The van der Waals surface area contributed by atoms with Crippen LogP contribution in [0.3, 0.4) is 0 Å². The van der Waals surface area contributed by atoms with Crippen LogP contribution in [0.15, 0.2) is 22.9 Å². The molecule has 0 bridgehead atoms. The van der Waals surface area contributed by atoms with Crippen LogP contribution in [-0.4, -0.2) is 15.1 Å². The first kappa shape index (κ1) is 10.4. The number of alkyl halides is 3. The first-order valence-electron chi connectivity index (χ1n) is 4.09. The van der Waals surface area contributed by atoms with Gasteiger partial charge in [-0.2, -0.15) is 18.2 Å². The zero-order valence-electron chi connectivity index (χ0n) is 7.69. The average Bonchev–Trinajstić information content (AvgIpc) is 2.67. The molecule has 0 aliphatic heterocycles. The number of hydrogen-bond acceptors (Lipinski definition) is 5. The highest BCUT2D eigenvalue weighted by atomic mass is 19.4. The summed E-state index contributed by atoms with van der Waals surface area (Å²) in [6.45, 7) is 0. The van der Waals surface area contributed by atoms with E-state index in [2.05, 4.69) is 19.6 Å². The molecule has 0 spiro atoms. The molecule has 84 valence electrons. The Labute approximate surface area is 87.1 Å². The Balaban J connectivity index is 2.35. The zero-order valence-corrected chi connectivity index (χ0v) is 7.69. The third kappa shape index (κ3) is 1.95. The van der Waals surface area contributed by atoms with Crippen molar-refractivity contribution >= 4 is 5.82 Å². The van der Waals surface area contributed by atoms with Gasteiger partial charge in [0.2, 0.25) is 5.82 Å². The maximum atomic E-state index is 12.1. The molecule has 5 nitrogen and oxygen atoms in total. The number of anilines is 1. The molecule has 2 heterocycles. The quantitative estimate of drug-likeness (QED) is 0.807. The molecule has 0 saturated heterocycles. The highest BCUT2D eigenvalue weighted by Gasteiger charge is 2.38. The van der Waals surface area contributed by atoms with Gasteiger partial charge in [0.1, 0.15) is 5.82 Å². The summed E-state index contributed by atoms with van der Waals surface area (Å²) >= 11 is 0. The number of hydrogen-bond donors (Lipinski definition) is 1. The lowest BCUT2D eigenvalue weighted by atomic mass is 10.3. The van der Waals surface area contributed by atoms with Gasteiger partial charge < -0.3 is 10.3 Å². The van der Waals surface area contributed by atoms with Crippen molar-refractivity contribution in [3.8, 4) is 11.4 Å². The Morgan fingerprint density at radius 2 is 2.00 bits per heavy atom. The van der Waals surface area contributed by atoms with Crippen molar-refractivity contribution in [1.82, 2.24) is 15.1 Å². The van der Waals surface area contributed by atoms with Gasteiger partial charge in [-0.15, -0.1) is 0 Å². The first-order chi connectivity index (χ1) is 7.47. The Morgan fingerprint density at radius 3 is 2.50 bits per heavy atom. The van der Waals surface area contributed by atoms with Crippen LogP contribution < -0.4 is 5.73 Å². The van der Waals surface area contributed by atoms with Crippen LogP contribution in [0.1, 0.15) is 5.89 Å². The molecule has 2 aromatic rings. The lowest BCUT2D eigenvalue weighted by molar-refractivity contribution is -0.159. The van der Waals surface area contributed by atoms with Gasteiger partial charge in [0, 0.05) is 11.8 Å². The number of halogens is 3. The van der Waals surface area contributed by atoms with Crippen molar-refractivity contribution in [1.29, 1.82) is 0 Å². The number of rotatable bonds is 1. The molecule has 0 saturated carbocycles. The van der Waals surface area contributed by atoms with Crippen LogP contribution in [-0.2, 0) is 6.18 Å². The van der Waals surface area contributed by atoms with E-state index in [9.17, 15) is 13.2 Å². The minimum Gasteiger partial charge on any atom is -0.384 e. The van der Waals surface area contributed by atoms with Gasteiger partial charge in [-0.1, -0.05) is 5.16 Å². The lowest BCUT2D eigenvalue weighted by Crippen LogP contribution is -2.04. The number of pyridine rings is 1. The van der Waals surface area contributed by atoms with E-state index >= 15 is 0 Å². The van der Waals surface area contributed by atoms with Crippen LogP contribution in [0.2, 0.25) is 0 Å².